The molecule has 0 atom stereocenters. The first-order valence-electron chi connectivity index (χ1n) is 2.84. The number of nitrogens with two attached hydrogens (primary N) is 2. The summed E-state index contributed by atoms with van der Waals surface area (Å²) in [6.45, 7) is -0.275. The van der Waals surface area contributed by atoms with Gasteiger partial charge in [0, 0.05) is 0 Å². The normalized spacial score (nSPS) is 8.75. The van der Waals surface area contributed by atoms with Crippen LogP contribution in [0.5, 0.6) is 0 Å². The molecule has 0 aromatic carbocycles. The second-order valence-electron chi connectivity index (χ2n) is 1.71. The van der Waals surface area contributed by atoms with Gasteiger partial charge in [0.2, 0.25) is 17.8 Å². The quantitative estimate of drug-likeness (QED) is 0.423. The van der Waals surface area contributed by atoms with Gasteiger partial charge < -0.3 is 21.9 Å². The fourth-order valence-electron chi connectivity index (χ4n) is 0.559. The zero-order valence-electron chi connectivity index (χ0n) is 5.65. The van der Waals surface area contributed by atoms with Gasteiger partial charge in [-0.1, -0.05) is 7.43 Å². The van der Waals surface area contributed by atoms with Crippen LogP contribution in [0.15, 0.2) is 0 Å². The summed E-state index contributed by atoms with van der Waals surface area (Å²) in [6, 6.07) is 0. The molecule has 1 aromatic heterocycles. The maximum Gasteiger partial charge on any atom is 0.231 e. The third-order valence-corrected chi connectivity index (χ3v) is 0.907. The molecule has 1 heterocycles. The van der Waals surface area contributed by atoms with Crippen LogP contribution in [0.25, 0.3) is 0 Å². The van der Waals surface area contributed by atoms with E-state index in [1.165, 1.54) is 0 Å². The fraction of sp³-hybridized carbons (Fsp3) is 0.400. The average Bonchev–Trinajstić information content (AvgIpc) is 1.85. The van der Waals surface area contributed by atoms with Gasteiger partial charge in [-0.15, -0.1) is 0 Å². The summed E-state index contributed by atoms with van der Waals surface area (Å²) in [6.07, 6.45) is 0. The van der Waals surface area contributed by atoms with Crippen LogP contribution < -0.4 is 16.8 Å². The van der Waals surface area contributed by atoms with Crippen molar-refractivity contribution < 1.29 is 5.11 Å². The van der Waals surface area contributed by atoms with E-state index >= 15 is 0 Å². The molecule has 0 bridgehead atoms. The predicted molar refractivity (Wildman–Crippen MR) is 46.1 cm³/mol. The second-order valence-corrected chi connectivity index (χ2v) is 1.71. The first-order chi connectivity index (χ1) is 5.22. The Morgan fingerprint density at radius 3 is 2.08 bits per heavy atom. The number of aliphatic hydroxyl groups excluding tert-OH is 1. The number of nitrogens with one attached hydrogen (secondary N) is 1. The Balaban J connectivity index is 0.00000121. The molecule has 0 saturated carbocycles. The molecule has 7 nitrogen and oxygen atoms in total. The van der Waals surface area contributed by atoms with E-state index in [9.17, 15) is 0 Å². The average molecular weight is 172 g/mol. The molecule has 0 aliphatic heterocycles. The summed E-state index contributed by atoms with van der Waals surface area (Å²) in [5.41, 5.74) is 10.5. The molecule has 1 aromatic rings. The van der Waals surface area contributed by atoms with E-state index < -0.39 is 0 Å². The van der Waals surface area contributed by atoms with Crippen molar-refractivity contribution in [3.05, 3.63) is 0 Å². The highest BCUT2D eigenvalue weighted by molar-refractivity contribution is 5.36. The number of nitrogen functional groups attached to an aromatic ring is 2. The van der Waals surface area contributed by atoms with Gasteiger partial charge in [-0.3, -0.25) is 0 Å². The van der Waals surface area contributed by atoms with E-state index in [4.69, 9.17) is 16.6 Å². The number of aliphatic hydroxyl groups is 1. The molecule has 0 aliphatic carbocycles. The van der Waals surface area contributed by atoms with Gasteiger partial charge in [0.25, 0.3) is 0 Å². The molecule has 0 spiro atoms. The Morgan fingerprint density at radius 2 is 1.67 bits per heavy atom. The van der Waals surface area contributed by atoms with Crippen molar-refractivity contribution in [3.8, 4) is 0 Å². The van der Waals surface area contributed by atoms with Crippen LogP contribution in [0, 0.1) is 0 Å². The van der Waals surface area contributed by atoms with E-state index in [0.717, 1.165) is 0 Å². The fourth-order valence-corrected chi connectivity index (χ4v) is 0.559. The van der Waals surface area contributed by atoms with Crippen LogP contribution >= 0.6 is 0 Å². The van der Waals surface area contributed by atoms with Crippen LogP contribution in [-0.2, 0) is 0 Å². The van der Waals surface area contributed by atoms with E-state index in [1.54, 1.807) is 0 Å². The first kappa shape index (κ1) is 10.4. The molecule has 0 saturated heterocycles. The molecule has 68 valence electrons. The minimum Gasteiger partial charge on any atom is -0.376 e. The third kappa shape index (κ3) is 2.54. The lowest BCUT2D eigenvalue weighted by atomic mass is 10.8. The van der Waals surface area contributed by atoms with Crippen LogP contribution in [0.4, 0.5) is 17.8 Å². The van der Waals surface area contributed by atoms with Gasteiger partial charge in [-0.2, -0.15) is 15.0 Å². The van der Waals surface area contributed by atoms with Crippen molar-refractivity contribution in [1.29, 1.82) is 0 Å². The number of rotatable bonds is 2. The molecule has 7 heteroatoms. The van der Waals surface area contributed by atoms with Crippen molar-refractivity contribution >= 4 is 17.8 Å². The molecule has 1 rings (SSSR count). The molecule has 0 fully saturated rings. The van der Waals surface area contributed by atoms with E-state index in [1.807, 2.05) is 0 Å². The maximum absolute atomic E-state index is 8.41. The molecule has 6 N–H and O–H groups in total. The Bertz CT molecular complexity index is 231. The highest BCUT2D eigenvalue weighted by atomic mass is 16.3. The molecule has 12 heavy (non-hydrogen) atoms. The number of hydrogen-bond donors (Lipinski definition) is 4. The Morgan fingerprint density at radius 1 is 1.17 bits per heavy atom. The van der Waals surface area contributed by atoms with Crippen molar-refractivity contribution in [1.82, 2.24) is 15.0 Å². The summed E-state index contributed by atoms with van der Waals surface area (Å²) in [4.78, 5) is 10.8. The SMILES string of the molecule is C.Nc1nc(N)nc(NCO)n1. The monoisotopic (exact) mass is 172 g/mol. The number of aromatic nitrogens is 3. The summed E-state index contributed by atoms with van der Waals surface area (Å²) in [5.74, 6) is 0.208. The van der Waals surface area contributed by atoms with Crippen molar-refractivity contribution in [2.24, 2.45) is 0 Å². The smallest absolute Gasteiger partial charge is 0.231 e. The number of nitrogens with zero attached hydrogens (tertiary/aromatic N) is 3. The maximum atomic E-state index is 8.41. The highest BCUT2D eigenvalue weighted by Crippen LogP contribution is 2.01. The largest absolute Gasteiger partial charge is 0.376 e. The number of hydrogen-bond acceptors (Lipinski definition) is 7. The first-order valence-corrected chi connectivity index (χ1v) is 2.84. The Kier molecular flexibility index (Phi) is 3.71. The molecular formula is C5H12N6O. The molecule has 0 radical (unpaired) electrons. The van der Waals surface area contributed by atoms with Crippen LogP contribution in [0.1, 0.15) is 7.43 Å². The van der Waals surface area contributed by atoms with Crippen LogP contribution in [-0.4, -0.2) is 26.8 Å². The standard InChI is InChI=1S/C4H8N6O.CH4/c5-2-8-3(6)10-4(9-2)7-1-11;/h11H,1H2,(H5,5,6,7,8,9,10);1H4. The lowest BCUT2D eigenvalue weighted by molar-refractivity contribution is 0.324. The van der Waals surface area contributed by atoms with E-state index in [-0.39, 0.29) is 32.0 Å². The second kappa shape index (κ2) is 4.29. The topological polar surface area (TPSA) is 123 Å². The summed E-state index contributed by atoms with van der Waals surface area (Å²) in [7, 11) is 0. The van der Waals surface area contributed by atoms with E-state index in [0.29, 0.717) is 0 Å². The summed E-state index contributed by atoms with van der Waals surface area (Å²) < 4.78 is 0. The Hall–Kier alpha value is -1.63. The van der Waals surface area contributed by atoms with Gasteiger partial charge >= 0.3 is 0 Å². The van der Waals surface area contributed by atoms with Crippen molar-refractivity contribution in [2.75, 3.05) is 23.5 Å². The van der Waals surface area contributed by atoms with Gasteiger partial charge in [0.1, 0.15) is 6.73 Å². The zero-order valence-corrected chi connectivity index (χ0v) is 5.65. The minimum absolute atomic E-state index is 0. The van der Waals surface area contributed by atoms with Crippen LogP contribution in [0.3, 0.4) is 0 Å². The number of anilines is 3. The predicted octanol–water partition coefficient (Wildman–Crippen LogP) is -0.966. The zero-order chi connectivity index (χ0) is 8.27. The molecule has 0 amide bonds. The minimum atomic E-state index is -0.275. The third-order valence-electron chi connectivity index (χ3n) is 0.907. The highest BCUT2D eigenvalue weighted by Gasteiger charge is 1.98. The van der Waals surface area contributed by atoms with Crippen molar-refractivity contribution in [2.45, 2.75) is 7.43 Å². The molecule has 0 unspecified atom stereocenters. The molecule has 0 aliphatic rings. The van der Waals surface area contributed by atoms with Crippen LogP contribution in [0.2, 0.25) is 0 Å². The Labute approximate surface area is 69.8 Å². The summed E-state index contributed by atoms with van der Waals surface area (Å²) >= 11 is 0. The van der Waals surface area contributed by atoms with Gasteiger partial charge in [-0.25, -0.2) is 0 Å². The lowest BCUT2D eigenvalue weighted by Gasteiger charge is -2.00. The lowest BCUT2D eigenvalue weighted by Crippen LogP contribution is -2.09. The van der Waals surface area contributed by atoms with E-state index in [2.05, 4.69) is 20.3 Å². The summed E-state index contributed by atoms with van der Waals surface area (Å²) in [5, 5.41) is 10.8. The van der Waals surface area contributed by atoms with Gasteiger partial charge in [0.15, 0.2) is 0 Å². The molecular weight excluding hydrogens is 160 g/mol. The van der Waals surface area contributed by atoms with Crippen molar-refractivity contribution in [3.63, 3.8) is 0 Å². The van der Waals surface area contributed by atoms with Gasteiger partial charge in [-0.05, 0) is 0 Å². The van der Waals surface area contributed by atoms with Gasteiger partial charge in [0.05, 0.1) is 0 Å².